The average molecular weight is 218 g/mol. The lowest BCUT2D eigenvalue weighted by atomic mass is 10.1. The molecule has 2 heterocycles. The lowest BCUT2D eigenvalue weighted by Crippen LogP contribution is -2.36. The SMILES string of the molecule is N#Cc1cnc(N2CCC(O)CC2)c(N)c1. The van der Waals surface area contributed by atoms with E-state index in [9.17, 15) is 5.11 Å². The monoisotopic (exact) mass is 218 g/mol. The first-order valence-electron chi connectivity index (χ1n) is 5.29. The van der Waals surface area contributed by atoms with Crippen LogP contribution >= 0.6 is 0 Å². The summed E-state index contributed by atoms with van der Waals surface area (Å²) in [6.07, 6.45) is 2.79. The molecule has 0 radical (unpaired) electrons. The molecular weight excluding hydrogens is 204 g/mol. The predicted molar refractivity (Wildman–Crippen MR) is 60.8 cm³/mol. The van der Waals surface area contributed by atoms with Crippen LogP contribution in [0.5, 0.6) is 0 Å². The number of nitrogen functional groups attached to an aromatic ring is 1. The Morgan fingerprint density at radius 2 is 2.19 bits per heavy atom. The summed E-state index contributed by atoms with van der Waals surface area (Å²) in [6, 6.07) is 3.64. The van der Waals surface area contributed by atoms with Gasteiger partial charge in [0.15, 0.2) is 5.82 Å². The van der Waals surface area contributed by atoms with Crippen LogP contribution in [0.4, 0.5) is 11.5 Å². The van der Waals surface area contributed by atoms with Crippen molar-refractivity contribution in [3.8, 4) is 6.07 Å². The van der Waals surface area contributed by atoms with Gasteiger partial charge >= 0.3 is 0 Å². The van der Waals surface area contributed by atoms with Crippen molar-refractivity contribution >= 4 is 11.5 Å². The van der Waals surface area contributed by atoms with E-state index in [-0.39, 0.29) is 6.10 Å². The highest BCUT2D eigenvalue weighted by atomic mass is 16.3. The maximum absolute atomic E-state index is 9.40. The van der Waals surface area contributed by atoms with Crippen molar-refractivity contribution in [1.82, 2.24) is 4.98 Å². The molecule has 1 aliphatic rings. The minimum absolute atomic E-state index is 0.212. The van der Waals surface area contributed by atoms with Gasteiger partial charge in [0, 0.05) is 19.3 Å². The molecule has 1 fully saturated rings. The first-order valence-corrected chi connectivity index (χ1v) is 5.29. The van der Waals surface area contributed by atoms with E-state index in [0.717, 1.165) is 25.9 Å². The Kier molecular flexibility index (Phi) is 2.93. The summed E-state index contributed by atoms with van der Waals surface area (Å²) in [4.78, 5) is 6.24. The number of piperidine rings is 1. The van der Waals surface area contributed by atoms with Crippen molar-refractivity contribution in [1.29, 1.82) is 5.26 Å². The predicted octanol–water partition coefficient (Wildman–Crippen LogP) is 0.497. The van der Waals surface area contributed by atoms with Crippen LogP contribution in [0.3, 0.4) is 0 Å². The fourth-order valence-corrected chi connectivity index (χ4v) is 1.88. The smallest absolute Gasteiger partial charge is 0.151 e. The molecule has 0 aromatic carbocycles. The molecule has 5 heteroatoms. The van der Waals surface area contributed by atoms with Gasteiger partial charge in [-0.3, -0.25) is 0 Å². The van der Waals surface area contributed by atoms with E-state index in [1.807, 2.05) is 11.0 Å². The molecule has 0 saturated carbocycles. The van der Waals surface area contributed by atoms with Crippen LogP contribution in [0.2, 0.25) is 0 Å². The van der Waals surface area contributed by atoms with E-state index in [2.05, 4.69) is 4.98 Å². The second-order valence-corrected chi connectivity index (χ2v) is 3.97. The molecule has 5 nitrogen and oxygen atoms in total. The third-order valence-corrected chi connectivity index (χ3v) is 2.79. The van der Waals surface area contributed by atoms with Gasteiger partial charge in [-0.2, -0.15) is 5.26 Å². The minimum Gasteiger partial charge on any atom is -0.396 e. The number of anilines is 2. The number of nitriles is 1. The molecule has 0 atom stereocenters. The van der Waals surface area contributed by atoms with E-state index in [0.29, 0.717) is 17.1 Å². The molecule has 1 aromatic heterocycles. The van der Waals surface area contributed by atoms with Gasteiger partial charge in [0.2, 0.25) is 0 Å². The van der Waals surface area contributed by atoms with Gasteiger partial charge in [-0.25, -0.2) is 4.98 Å². The van der Waals surface area contributed by atoms with Crippen LogP contribution < -0.4 is 10.6 Å². The third kappa shape index (κ3) is 2.07. The van der Waals surface area contributed by atoms with E-state index in [4.69, 9.17) is 11.0 Å². The highest BCUT2D eigenvalue weighted by molar-refractivity contribution is 5.64. The minimum atomic E-state index is -0.212. The van der Waals surface area contributed by atoms with Crippen LogP contribution in [0.25, 0.3) is 0 Å². The number of aliphatic hydroxyl groups excluding tert-OH is 1. The summed E-state index contributed by atoms with van der Waals surface area (Å²) >= 11 is 0. The van der Waals surface area contributed by atoms with Gasteiger partial charge < -0.3 is 15.7 Å². The molecule has 0 unspecified atom stereocenters. The summed E-state index contributed by atoms with van der Waals surface area (Å²) in [6.45, 7) is 1.51. The Morgan fingerprint density at radius 3 is 2.75 bits per heavy atom. The molecule has 0 amide bonds. The molecule has 0 aliphatic carbocycles. The zero-order valence-electron chi connectivity index (χ0n) is 8.93. The zero-order chi connectivity index (χ0) is 11.5. The Morgan fingerprint density at radius 1 is 1.50 bits per heavy atom. The maximum atomic E-state index is 9.40. The Balaban J connectivity index is 2.18. The standard InChI is InChI=1S/C11H14N4O/c12-6-8-5-10(13)11(14-7-8)15-3-1-9(16)2-4-15/h5,7,9,16H,1-4,13H2. The normalized spacial score (nSPS) is 17.1. The number of aromatic nitrogens is 1. The lowest BCUT2D eigenvalue weighted by molar-refractivity contribution is 0.145. The lowest BCUT2D eigenvalue weighted by Gasteiger charge is -2.31. The largest absolute Gasteiger partial charge is 0.396 e. The van der Waals surface area contributed by atoms with Gasteiger partial charge in [0.25, 0.3) is 0 Å². The fourth-order valence-electron chi connectivity index (χ4n) is 1.88. The number of hydrogen-bond acceptors (Lipinski definition) is 5. The second kappa shape index (κ2) is 4.37. The summed E-state index contributed by atoms with van der Waals surface area (Å²) in [7, 11) is 0. The number of nitrogens with two attached hydrogens (primary N) is 1. The summed E-state index contributed by atoms with van der Waals surface area (Å²) in [5.74, 6) is 0.714. The number of pyridine rings is 1. The molecule has 16 heavy (non-hydrogen) atoms. The molecule has 1 aliphatic heterocycles. The van der Waals surface area contributed by atoms with Crippen molar-refractivity contribution in [2.24, 2.45) is 0 Å². The number of nitrogens with zero attached hydrogens (tertiary/aromatic N) is 3. The fraction of sp³-hybridized carbons (Fsp3) is 0.455. The van der Waals surface area contributed by atoms with Crippen LogP contribution in [-0.4, -0.2) is 29.3 Å². The quantitative estimate of drug-likeness (QED) is 0.716. The average Bonchev–Trinajstić information content (AvgIpc) is 2.30. The van der Waals surface area contributed by atoms with Crippen LogP contribution in [0.1, 0.15) is 18.4 Å². The molecular formula is C11H14N4O. The van der Waals surface area contributed by atoms with E-state index in [1.54, 1.807) is 6.07 Å². The highest BCUT2D eigenvalue weighted by Crippen LogP contribution is 2.24. The Labute approximate surface area is 94.1 Å². The first kappa shape index (κ1) is 10.7. The topological polar surface area (TPSA) is 86.2 Å². The van der Waals surface area contributed by atoms with Gasteiger partial charge in [0.1, 0.15) is 6.07 Å². The van der Waals surface area contributed by atoms with Crippen molar-refractivity contribution in [3.05, 3.63) is 17.8 Å². The van der Waals surface area contributed by atoms with Crippen molar-refractivity contribution in [2.75, 3.05) is 23.7 Å². The summed E-state index contributed by atoms with van der Waals surface area (Å²) in [5.41, 5.74) is 6.84. The van der Waals surface area contributed by atoms with Gasteiger partial charge in [-0.05, 0) is 18.9 Å². The zero-order valence-corrected chi connectivity index (χ0v) is 8.93. The first-order chi connectivity index (χ1) is 7.70. The maximum Gasteiger partial charge on any atom is 0.151 e. The van der Waals surface area contributed by atoms with Crippen molar-refractivity contribution in [3.63, 3.8) is 0 Å². The molecule has 3 N–H and O–H groups in total. The number of hydrogen-bond donors (Lipinski definition) is 2. The molecule has 1 saturated heterocycles. The third-order valence-electron chi connectivity index (χ3n) is 2.79. The van der Waals surface area contributed by atoms with E-state index < -0.39 is 0 Å². The van der Waals surface area contributed by atoms with Crippen LogP contribution in [0.15, 0.2) is 12.3 Å². The molecule has 0 bridgehead atoms. The molecule has 1 aromatic rings. The Hall–Kier alpha value is -1.80. The van der Waals surface area contributed by atoms with Gasteiger partial charge in [-0.1, -0.05) is 0 Å². The Bertz CT molecular complexity index is 418. The highest BCUT2D eigenvalue weighted by Gasteiger charge is 2.19. The van der Waals surface area contributed by atoms with Crippen LogP contribution in [-0.2, 0) is 0 Å². The number of rotatable bonds is 1. The number of aliphatic hydroxyl groups is 1. The van der Waals surface area contributed by atoms with Gasteiger partial charge in [-0.15, -0.1) is 0 Å². The van der Waals surface area contributed by atoms with Crippen LogP contribution in [0, 0.1) is 11.3 Å². The molecule has 0 spiro atoms. The van der Waals surface area contributed by atoms with Gasteiger partial charge in [0.05, 0.1) is 17.4 Å². The van der Waals surface area contributed by atoms with Crippen molar-refractivity contribution in [2.45, 2.75) is 18.9 Å². The van der Waals surface area contributed by atoms with E-state index in [1.165, 1.54) is 6.20 Å². The summed E-state index contributed by atoms with van der Waals surface area (Å²) < 4.78 is 0. The molecule has 2 rings (SSSR count). The second-order valence-electron chi connectivity index (χ2n) is 3.97. The van der Waals surface area contributed by atoms with Crippen molar-refractivity contribution < 1.29 is 5.11 Å². The van der Waals surface area contributed by atoms with E-state index >= 15 is 0 Å². The molecule has 84 valence electrons. The summed E-state index contributed by atoms with van der Waals surface area (Å²) in [5, 5.41) is 18.1.